The molecule has 1 N–H and O–H groups in total. The second kappa shape index (κ2) is 3.76. The number of aliphatic hydroxyl groups is 1. The molecule has 0 spiro atoms. The number of hydrogen-bond donors (Lipinski definition) is 1. The Labute approximate surface area is 94.8 Å². The molecule has 1 fully saturated rings. The van der Waals surface area contributed by atoms with E-state index in [1.165, 1.54) is 0 Å². The number of nitrogens with zero attached hydrogens (tertiary/aromatic N) is 2. The van der Waals surface area contributed by atoms with E-state index in [2.05, 4.69) is 30.7 Å². The van der Waals surface area contributed by atoms with Crippen LogP contribution in [-0.2, 0) is 0 Å². The van der Waals surface area contributed by atoms with Gasteiger partial charge in [-0.25, -0.2) is 4.98 Å². The number of β-amino-alcohol motifs (C(OH)–C–C–N with tert-alkyl or cyclic N) is 1. The lowest BCUT2D eigenvalue weighted by molar-refractivity contribution is -0.0186. The minimum Gasteiger partial charge on any atom is -0.387 e. The monoisotopic (exact) mass is 226 g/mol. The summed E-state index contributed by atoms with van der Waals surface area (Å²) in [6.45, 7) is 7.90. The predicted octanol–water partition coefficient (Wildman–Crippen LogP) is 1.99. The van der Waals surface area contributed by atoms with Crippen LogP contribution < -0.4 is 4.90 Å². The topological polar surface area (TPSA) is 36.4 Å². The van der Waals surface area contributed by atoms with E-state index in [0.29, 0.717) is 12.5 Å². The molecule has 1 aromatic rings. The summed E-state index contributed by atoms with van der Waals surface area (Å²) in [5.41, 5.74) is -0.564. The fraction of sp³-hybridized carbons (Fsp3) is 0.727. The van der Waals surface area contributed by atoms with Crippen molar-refractivity contribution in [3.05, 3.63) is 11.6 Å². The van der Waals surface area contributed by atoms with Crippen molar-refractivity contribution >= 4 is 16.5 Å². The van der Waals surface area contributed by atoms with Gasteiger partial charge in [0.1, 0.15) is 0 Å². The highest BCUT2D eigenvalue weighted by atomic mass is 32.1. The molecule has 15 heavy (non-hydrogen) atoms. The average Bonchev–Trinajstić information content (AvgIpc) is 2.75. The van der Waals surface area contributed by atoms with Crippen molar-refractivity contribution in [1.29, 1.82) is 0 Å². The zero-order valence-corrected chi connectivity index (χ0v) is 10.3. The zero-order valence-electron chi connectivity index (χ0n) is 9.47. The van der Waals surface area contributed by atoms with Gasteiger partial charge in [-0.2, -0.15) is 0 Å². The van der Waals surface area contributed by atoms with Crippen molar-refractivity contribution in [1.82, 2.24) is 4.98 Å². The summed E-state index contributed by atoms with van der Waals surface area (Å²) >= 11 is 1.64. The van der Waals surface area contributed by atoms with Crippen molar-refractivity contribution in [2.45, 2.75) is 26.4 Å². The maximum Gasteiger partial charge on any atom is 0.185 e. The Morgan fingerprint density at radius 1 is 1.67 bits per heavy atom. The van der Waals surface area contributed by atoms with Gasteiger partial charge in [0, 0.05) is 30.6 Å². The lowest BCUT2D eigenvalue weighted by Crippen LogP contribution is -2.42. The Hall–Kier alpha value is -0.610. The van der Waals surface area contributed by atoms with Gasteiger partial charge in [0.15, 0.2) is 5.13 Å². The normalized spacial score (nSPS) is 31.5. The third-order valence-electron chi connectivity index (χ3n) is 3.48. The molecule has 0 bridgehead atoms. The van der Waals surface area contributed by atoms with Crippen LogP contribution in [-0.4, -0.2) is 28.8 Å². The largest absolute Gasteiger partial charge is 0.387 e. The fourth-order valence-electron chi connectivity index (χ4n) is 2.28. The summed E-state index contributed by atoms with van der Waals surface area (Å²) in [4.78, 5) is 6.48. The fourth-order valence-corrected chi connectivity index (χ4v) is 2.94. The van der Waals surface area contributed by atoms with Crippen molar-refractivity contribution in [2.24, 2.45) is 11.8 Å². The number of anilines is 1. The Morgan fingerprint density at radius 3 is 2.87 bits per heavy atom. The maximum atomic E-state index is 10.5. The quantitative estimate of drug-likeness (QED) is 0.838. The molecule has 2 atom stereocenters. The summed E-state index contributed by atoms with van der Waals surface area (Å²) < 4.78 is 0. The lowest BCUT2D eigenvalue weighted by atomic mass is 9.82. The van der Waals surface area contributed by atoms with Gasteiger partial charge in [-0.05, 0) is 5.92 Å². The van der Waals surface area contributed by atoms with E-state index in [9.17, 15) is 5.11 Å². The first kappa shape index (κ1) is 10.9. The van der Waals surface area contributed by atoms with Crippen molar-refractivity contribution in [2.75, 3.05) is 18.0 Å². The molecular formula is C11H18N2OS. The standard InChI is InChI=1S/C11H18N2OS/c1-8(2)11(14)7-13(6-9(11)3)10-12-4-5-15-10/h4-5,8-9,14H,6-7H2,1-3H3/t9-,11-/m1/s1. The van der Waals surface area contributed by atoms with Gasteiger partial charge in [-0.1, -0.05) is 20.8 Å². The Balaban J connectivity index is 2.17. The van der Waals surface area contributed by atoms with Crippen LogP contribution in [0.15, 0.2) is 11.6 Å². The van der Waals surface area contributed by atoms with Gasteiger partial charge in [0.05, 0.1) is 5.60 Å². The van der Waals surface area contributed by atoms with Gasteiger partial charge < -0.3 is 10.0 Å². The molecule has 4 heteroatoms. The summed E-state index contributed by atoms with van der Waals surface area (Å²) in [6.07, 6.45) is 1.82. The summed E-state index contributed by atoms with van der Waals surface area (Å²) in [7, 11) is 0. The molecule has 0 aliphatic carbocycles. The second-order valence-corrected chi connectivity index (χ2v) is 5.62. The van der Waals surface area contributed by atoms with E-state index in [0.717, 1.165) is 11.7 Å². The smallest absolute Gasteiger partial charge is 0.185 e. The van der Waals surface area contributed by atoms with E-state index in [4.69, 9.17) is 0 Å². The summed E-state index contributed by atoms with van der Waals surface area (Å²) in [6, 6.07) is 0. The lowest BCUT2D eigenvalue weighted by Gasteiger charge is -2.30. The predicted molar refractivity (Wildman–Crippen MR) is 63.3 cm³/mol. The second-order valence-electron chi connectivity index (χ2n) is 4.74. The molecule has 2 heterocycles. The Morgan fingerprint density at radius 2 is 2.40 bits per heavy atom. The van der Waals surface area contributed by atoms with Crippen LogP contribution in [0.1, 0.15) is 20.8 Å². The molecule has 84 valence electrons. The molecule has 0 amide bonds. The number of aromatic nitrogens is 1. The van der Waals surface area contributed by atoms with Gasteiger partial charge in [-0.15, -0.1) is 11.3 Å². The first-order valence-electron chi connectivity index (χ1n) is 5.41. The minimum absolute atomic E-state index is 0.289. The average molecular weight is 226 g/mol. The van der Waals surface area contributed by atoms with E-state index in [-0.39, 0.29) is 5.92 Å². The van der Waals surface area contributed by atoms with Crippen LogP contribution >= 0.6 is 11.3 Å². The molecule has 0 aromatic carbocycles. The van der Waals surface area contributed by atoms with Crippen LogP contribution in [0.2, 0.25) is 0 Å². The third kappa shape index (κ3) is 1.76. The van der Waals surface area contributed by atoms with Crippen LogP contribution in [0.3, 0.4) is 0 Å². The van der Waals surface area contributed by atoms with E-state index in [1.54, 1.807) is 11.3 Å². The van der Waals surface area contributed by atoms with Crippen molar-refractivity contribution in [3.63, 3.8) is 0 Å². The van der Waals surface area contributed by atoms with Gasteiger partial charge >= 0.3 is 0 Å². The first-order chi connectivity index (χ1) is 7.04. The third-order valence-corrected chi connectivity index (χ3v) is 4.31. The van der Waals surface area contributed by atoms with E-state index in [1.807, 2.05) is 11.6 Å². The molecule has 3 nitrogen and oxygen atoms in total. The van der Waals surface area contributed by atoms with E-state index >= 15 is 0 Å². The van der Waals surface area contributed by atoms with Gasteiger partial charge in [0.2, 0.25) is 0 Å². The SMILES string of the molecule is CC(C)[C@]1(O)CN(c2nccs2)C[C@H]1C. The molecule has 1 aromatic heterocycles. The van der Waals surface area contributed by atoms with Crippen LogP contribution in [0.5, 0.6) is 0 Å². The number of hydrogen-bond acceptors (Lipinski definition) is 4. The number of thiazole rings is 1. The van der Waals surface area contributed by atoms with Crippen LogP contribution in [0.25, 0.3) is 0 Å². The van der Waals surface area contributed by atoms with E-state index < -0.39 is 5.60 Å². The molecule has 1 saturated heterocycles. The molecule has 0 unspecified atom stereocenters. The van der Waals surface area contributed by atoms with Crippen molar-refractivity contribution in [3.8, 4) is 0 Å². The van der Waals surface area contributed by atoms with Crippen LogP contribution in [0, 0.1) is 11.8 Å². The van der Waals surface area contributed by atoms with Crippen LogP contribution in [0.4, 0.5) is 5.13 Å². The van der Waals surface area contributed by atoms with Crippen molar-refractivity contribution < 1.29 is 5.11 Å². The highest BCUT2D eigenvalue weighted by Crippen LogP contribution is 2.36. The molecule has 1 aliphatic rings. The zero-order chi connectivity index (χ0) is 11.1. The van der Waals surface area contributed by atoms with Gasteiger partial charge in [-0.3, -0.25) is 0 Å². The first-order valence-corrected chi connectivity index (χ1v) is 6.29. The summed E-state index contributed by atoms with van der Waals surface area (Å²) in [5, 5.41) is 13.5. The molecular weight excluding hydrogens is 208 g/mol. The highest BCUT2D eigenvalue weighted by molar-refractivity contribution is 7.13. The highest BCUT2D eigenvalue weighted by Gasteiger charge is 2.45. The molecule has 1 aliphatic heterocycles. The minimum atomic E-state index is -0.564. The molecule has 0 radical (unpaired) electrons. The Kier molecular flexibility index (Phi) is 2.73. The van der Waals surface area contributed by atoms with Gasteiger partial charge in [0.25, 0.3) is 0 Å². The molecule has 0 saturated carbocycles. The maximum absolute atomic E-state index is 10.5. The number of rotatable bonds is 2. The Bertz CT molecular complexity index is 325. The molecule has 2 rings (SSSR count). The summed E-state index contributed by atoms with van der Waals surface area (Å²) in [5.74, 6) is 0.596.